The lowest BCUT2D eigenvalue weighted by Crippen LogP contribution is -1.94. The molecule has 0 unspecified atom stereocenters. The molecule has 4 nitrogen and oxygen atoms in total. The van der Waals surface area contributed by atoms with Crippen molar-refractivity contribution in [2.45, 2.75) is 13.8 Å². The standard InChI is InChI=1S/C11H13NO3/c1-7-9(14-3)5-10(15-4)8(2)11(7)12-6-13/h5H,1-4H3. The van der Waals surface area contributed by atoms with Crippen molar-refractivity contribution in [3.63, 3.8) is 0 Å². The molecule has 0 saturated carbocycles. The largest absolute Gasteiger partial charge is 0.496 e. The minimum absolute atomic E-state index is 0.557. The average Bonchev–Trinajstić information content (AvgIpc) is 2.25. The molecule has 0 N–H and O–H groups in total. The van der Waals surface area contributed by atoms with Crippen LogP contribution in [0.2, 0.25) is 0 Å². The number of ether oxygens (including phenoxy) is 2. The molecule has 80 valence electrons. The van der Waals surface area contributed by atoms with Gasteiger partial charge in [0.1, 0.15) is 11.5 Å². The number of hydrogen-bond acceptors (Lipinski definition) is 4. The smallest absolute Gasteiger partial charge is 0.240 e. The van der Waals surface area contributed by atoms with Crippen LogP contribution in [-0.4, -0.2) is 20.3 Å². The van der Waals surface area contributed by atoms with Crippen molar-refractivity contribution in [1.82, 2.24) is 0 Å². The van der Waals surface area contributed by atoms with Crippen LogP contribution >= 0.6 is 0 Å². The first-order valence-electron chi connectivity index (χ1n) is 4.45. The molecule has 0 atom stereocenters. The molecule has 0 bridgehead atoms. The summed E-state index contributed by atoms with van der Waals surface area (Å²) in [7, 11) is 3.12. The Labute approximate surface area is 88.5 Å². The van der Waals surface area contributed by atoms with Gasteiger partial charge in [-0.3, -0.25) is 0 Å². The first-order valence-corrected chi connectivity index (χ1v) is 4.45. The second-order valence-corrected chi connectivity index (χ2v) is 3.08. The molecule has 0 spiro atoms. The van der Waals surface area contributed by atoms with Crippen molar-refractivity contribution in [3.05, 3.63) is 17.2 Å². The van der Waals surface area contributed by atoms with Crippen molar-refractivity contribution < 1.29 is 14.3 Å². The maximum absolute atomic E-state index is 10.3. The zero-order chi connectivity index (χ0) is 11.4. The normalized spacial score (nSPS) is 9.33. The summed E-state index contributed by atoms with van der Waals surface area (Å²) in [5, 5.41) is 0. The van der Waals surface area contributed by atoms with Gasteiger partial charge < -0.3 is 9.47 Å². The maximum Gasteiger partial charge on any atom is 0.240 e. The second-order valence-electron chi connectivity index (χ2n) is 3.08. The van der Waals surface area contributed by atoms with Crippen LogP contribution in [0.3, 0.4) is 0 Å². The average molecular weight is 207 g/mol. The quantitative estimate of drug-likeness (QED) is 0.564. The lowest BCUT2D eigenvalue weighted by molar-refractivity contribution is 0.391. The molecule has 0 aliphatic rings. The Hall–Kier alpha value is -1.80. The van der Waals surface area contributed by atoms with E-state index in [1.54, 1.807) is 20.3 Å². The third-order valence-corrected chi connectivity index (χ3v) is 2.31. The van der Waals surface area contributed by atoms with Crippen molar-refractivity contribution in [2.75, 3.05) is 14.2 Å². The van der Waals surface area contributed by atoms with Gasteiger partial charge in [0.15, 0.2) is 0 Å². The Kier molecular flexibility index (Phi) is 3.47. The van der Waals surface area contributed by atoms with Crippen LogP contribution in [0.25, 0.3) is 0 Å². The lowest BCUT2D eigenvalue weighted by Gasteiger charge is -2.13. The molecule has 0 amide bonds. The Bertz CT molecular complexity index is 392. The highest BCUT2D eigenvalue weighted by atomic mass is 16.5. The van der Waals surface area contributed by atoms with E-state index in [-0.39, 0.29) is 0 Å². The van der Waals surface area contributed by atoms with Gasteiger partial charge in [0.25, 0.3) is 0 Å². The predicted octanol–water partition coefficient (Wildman–Crippen LogP) is 2.29. The third kappa shape index (κ3) is 2.00. The number of rotatable bonds is 3. The first-order chi connectivity index (χ1) is 7.15. The molecule has 0 saturated heterocycles. The molecule has 0 aliphatic carbocycles. The Balaban J connectivity index is 3.52. The Morgan fingerprint density at radius 1 is 1.13 bits per heavy atom. The topological polar surface area (TPSA) is 47.9 Å². The van der Waals surface area contributed by atoms with Gasteiger partial charge in [0, 0.05) is 17.2 Å². The Morgan fingerprint density at radius 2 is 1.60 bits per heavy atom. The van der Waals surface area contributed by atoms with Gasteiger partial charge in [-0.05, 0) is 13.8 Å². The second kappa shape index (κ2) is 4.62. The van der Waals surface area contributed by atoms with Crippen LogP contribution in [0.1, 0.15) is 11.1 Å². The maximum atomic E-state index is 10.3. The van der Waals surface area contributed by atoms with E-state index in [0.717, 1.165) is 11.1 Å². The fourth-order valence-corrected chi connectivity index (χ4v) is 1.49. The van der Waals surface area contributed by atoms with Gasteiger partial charge in [0.05, 0.1) is 19.9 Å². The van der Waals surface area contributed by atoms with Crippen LogP contribution in [-0.2, 0) is 4.79 Å². The fraction of sp³-hybridized carbons (Fsp3) is 0.364. The third-order valence-electron chi connectivity index (χ3n) is 2.31. The minimum atomic E-state index is 0.557. The summed E-state index contributed by atoms with van der Waals surface area (Å²) >= 11 is 0. The van der Waals surface area contributed by atoms with E-state index in [2.05, 4.69) is 4.99 Å². The molecule has 1 rings (SSSR count). The molecule has 1 aromatic carbocycles. The van der Waals surface area contributed by atoms with Gasteiger partial charge >= 0.3 is 0 Å². The summed E-state index contributed by atoms with van der Waals surface area (Å²) < 4.78 is 10.3. The number of isocyanates is 1. The highest BCUT2D eigenvalue weighted by Gasteiger charge is 2.12. The summed E-state index contributed by atoms with van der Waals surface area (Å²) in [4.78, 5) is 14.0. The van der Waals surface area contributed by atoms with E-state index in [9.17, 15) is 4.79 Å². The van der Waals surface area contributed by atoms with Gasteiger partial charge in [0.2, 0.25) is 6.08 Å². The van der Waals surface area contributed by atoms with Gasteiger partial charge in [-0.15, -0.1) is 0 Å². The number of carbonyl (C=O) groups excluding carboxylic acids is 1. The molecule has 0 radical (unpaired) electrons. The SMILES string of the molecule is COc1cc(OC)c(C)c(N=C=O)c1C. The number of benzene rings is 1. The van der Waals surface area contributed by atoms with Crippen LogP contribution in [0.5, 0.6) is 11.5 Å². The van der Waals surface area contributed by atoms with E-state index < -0.39 is 0 Å². The van der Waals surface area contributed by atoms with Crippen LogP contribution in [0.15, 0.2) is 11.1 Å². The van der Waals surface area contributed by atoms with Gasteiger partial charge in [-0.2, -0.15) is 4.99 Å². The minimum Gasteiger partial charge on any atom is -0.496 e. The molecule has 4 heteroatoms. The number of aliphatic imine (C=N–C) groups is 1. The monoisotopic (exact) mass is 207 g/mol. The van der Waals surface area contributed by atoms with Crippen LogP contribution in [0.4, 0.5) is 5.69 Å². The zero-order valence-electron chi connectivity index (χ0n) is 9.25. The molecule has 1 aromatic rings. The van der Waals surface area contributed by atoms with Crippen molar-refractivity contribution >= 4 is 11.8 Å². The Morgan fingerprint density at radius 3 is 1.93 bits per heavy atom. The summed E-state index contributed by atoms with van der Waals surface area (Å²) in [5.74, 6) is 1.29. The van der Waals surface area contributed by atoms with Crippen LogP contribution < -0.4 is 9.47 Å². The molecule has 0 heterocycles. The molecule has 0 aromatic heterocycles. The van der Waals surface area contributed by atoms with Crippen molar-refractivity contribution in [1.29, 1.82) is 0 Å². The van der Waals surface area contributed by atoms with E-state index in [4.69, 9.17) is 9.47 Å². The summed E-state index contributed by atoms with van der Waals surface area (Å²) in [6, 6.07) is 1.77. The molecule has 0 aliphatic heterocycles. The number of nitrogens with zero attached hydrogens (tertiary/aromatic N) is 1. The van der Waals surface area contributed by atoms with E-state index in [0.29, 0.717) is 17.2 Å². The van der Waals surface area contributed by atoms with Crippen molar-refractivity contribution in [2.24, 2.45) is 4.99 Å². The number of methoxy groups -OCH3 is 2. The highest BCUT2D eigenvalue weighted by Crippen LogP contribution is 2.37. The lowest BCUT2D eigenvalue weighted by atomic mass is 10.1. The molecular weight excluding hydrogens is 194 g/mol. The summed E-state index contributed by atoms with van der Waals surface area (Å²) in [5.41, 5.74) is 2.17. The summed E-state index contributed by atoms with van der Waals surface area (Å²) in [6.07, 6.45) is 1.53. The molecular formula is C11H13NO3. The fourth-order valence-electron chi connectivity index (χ4n) is 1.49. The molecule has 15 heavy (non-hydrogen) atoms. The van der Waals surface area contributed by atoms with E-state index in [1.165, 1.54) is 6.08 Å². The summed E-state index contributed by atoms with van der Waals surface area (Å²) in [6.45, 7) is 3.67. The van der Waals surface area contributed by atoms with Gasteiger partial charge in [-0.25, -0.2) is 4.79 Å². The first kappa shape index (κ1) is 11.3. The highest BCUT2D eigenvalue weighted by molar-refractivity contribution is 5.66. The zero-order valence-corrected chi connectivity index (χ0v) is 9.25. The van der Waals surface area contributed by atoms with Crippen molar-refractivity contribution in [3.8, 4) is 11.5 Å². The van der Waals surface area contributed by atoms with Crippen LogP contribution in [0, 0.1) is 13.8 Å². The predicted molar refractivity (Wildman–Crippen MR) is 56.8 cm³/mol. The van der Waals surface area contributed by atoms with Gasteiger partial charge in [-0.1, -0.05) is 0 Å². The van der Waals surface area contributed by atoms with E-state index >= 15 is 0 Å². The number of hydrogen-bond donors (Lipinski definition) is 0. The van der Waals surface area contributed by atoms with E-state index in [1.807, 2.05) is 13.8 Å². The molecule has 0 fully saturated rings.